The third-order valence-electron chi connectivity index (χ3n) is 7.36. The van der Waals surface area contributed by atoms with Crippen LogP contribution in [0.15, 0.2) is 23.0 Å². The van der Waals surface area contributed by atoms with Crippen LogP contribution in [0.25, 0.3) is 5.76 Å². The fourth-order valence-corrected chi connectivity index (χ4v) is 5.80. The second-order valence-electron chi connectivity index (χ2n) is 9.46. The maximum atomic E-state index is 13.7. The van der Waals surface area contributed by atoms with Gasteiger partial charge in [-0.2, -0.15) is 0 Å². The number of aliphatic hydroxyl groups is 4. The number of likely N-dealkylation sites (N-methyl/N-ethyl adjacent to an activating group) is 1. The quantitative estimate of drug-likeness (QED) is 0.242. The summed E-state index contributed by atoms with van der Waals surface area (Å²) in [6.45, 7) is 0.677. The van der Waals surface area contributed by atoms with E-state index in [1.165, 1.54) is 32.0 Å². The second kappa shape index (κ2) is 8.01. The summed E-state index contributed by atoms with van der Waals surface area (Å²) in [4.78, 5) is 52.2. The summed E-state index contributed by atoms with van der Waals surface area (Å²) in [5.41, 5.74) is 1.53. The molecule has 0 heterocycles. The highest BCUT2D eigenvalue weighted by Gasteiger charge is 2.64. The first-order chi connectivity index (χ1) is 16.3. The number of phenolic OH excluding ortho intramolecular Hbond substituents is 1. The molecule has 186 valence electrons. The van der Waals surface area contributed by atoms with Crippen molar-refractivity contribution in [3.05, 3.63) is 45.2 Å². The minimum absolute atomic E-state index is 0.0379. The maximum absolute atomic E-state index is 13.7. The van der Waals surface area contributed by atoms with Crippen molar-refractivity contribution in [1.29, 1.82) is 0 Å². The van der Waals surface area contributed by atoms with Crippen LogP contribution in [0, 0.1) is 11.8 Å². The molecule has 3 aliphatic rings. The molecule has 4 atom stereocenters. The highest BCUT2D eigenvalue weighted by molar-refractivity contribution is 6.24. The molecule has 0 spiro atoms. The SMILES string of the molecule is CC(=O)c1cc(CO)c2c(c1O)C(O)=C1C(=O)[C@]3(O)C(O)=C(C(N)=O)C(=O)[C@@H](N(C)C)[C@@H]3C[C@@H]1C2. The van der Waals surface area contributed by atoms with Gasteiger partial charge >= 0.3 is 0 Å². The number of Topliss-reactive ketones (excluding diaryl/α,β-unsaturated/α-hetero) is 3. The Bertz CT molecular complexity index is 1280. The van der Waals surface area contributed by atoms with E-state index in [0.717, 1.165) is 0 Å². The Balaban J connectivity index is 2.02. The van der Waals surface area contributed by atoms with Gasteiger partial charge in [0.2, 0.25) is 5.78 Å². The Morgan fingerprint density at radius 2 is 1.83 bits per heavy atom. The van der Waals surface area contributed by atoms with E-state index in [4.69, 9.17) is 5.73 Å². The number of aromatic hydroxyl groups is 1. The second-order valence-corrected chi connectivity index (χ2v) is 9.46. The molecule has 0 bridgehead atoms. The van der Waals surface area contributed by atoms with E-state index in [9.17, 15) is 44.7 Å². The highest BCUT2D eigenvalue weighted by atomic mass is 16.3. The van der Waals surface area contributed by atoms with Crippen molar-refractivity contribution in [2.24, 2.45) is 17.6 Å². The minimum atomic E-state index is -2.74. The number of nitrogens with two attached hydrogens (primary N) is 1. The summed E-state index contributed by atoms with van der Waals surface area (Å²) in [5.74, 6) is -8.26. The van der Waals surface area contributed by atoms with Crippen LogP contribution in [-0.2, 0) is 27.4 Å². The summed E-state index contributed by atoms with van der Waals surface area (Å²) in [6, 6.07) is 0.134. The number of fused-ring (bicyclic) bond motifs is 3. The van der Waals surface area contributed by atoms with E-state index in [1.807, 2.05) is 0 Å². The summed E-state index contributed by atoms with van der Waals surface area (Å²) in [6.07, 6.45) is -0.0258. The van der Waals surface area contributed by atoms with Gasteiger partial charge in [-0.05, 0) is 57.0 Å². The van der Waals surface area contributed by atoms with E-state index >= 15 is 0 Å². The number of carbonyl (C=O) groups excluding carboxylic acids is 4. The van der Waals surface area contributed by atoms with Gasteiger partial charge in [0.25, 0.3) is 5.91 Å². The molecular formula is C24H26N2O9. The molecule has 1 amide bonds. The number of carbonyl (C=O) groups is 4. The van der Waals surface area contributed by atoms with Crippen molar-refractivity contribution in [2.45, 2.75) is 38.0 Å². The average Bonchev–Trinajstić information content (AvgIpc) is 2.75. The largest absolute Gasteiger partial charge is 0.508 e. The Morgan fingerprint density at radius 3 is 2.34 bits per heavy atom. The molecule has 7 N–H and O–H groups in total. The number of aliphatic hydroxyl groups excluding tert-OH is 3. The molecule has 11 heteroatoms. The van der Waals surface area contributed by atoms with Crippen molar-refractivity contribution in [2.75, 3.05) is 14.1 Å². The van der Waals surface area contributed by atoms with E-state index in [0.29, 0.717) is 5.56 Å². The molecule has 1 fully saturated rings. The molecule has 0 radical (unpaired) electrons. The summed E-state index contributed by atoms with van der Waals surface area (Å²) >= 11 is 0. The van der Waals surface area contributed by atoms with Gasteiger partial charge in [0.15, 0.2) is 17.2 Å². The van der Waals surface area contributed by atoms with Crippen LogP contribution >= 0.6 is 0 Å². The summed E-state index contributed by atoms with van der Waals surface area (Å²) in [5, 5.41) is 54.1. The van der Waals surface area contributed by atoms with Crippen molar-refractivity contribution in [1.82, 2.24) is 4.90 Å². The summed E-state index contributed by atoms with van der Waals surface area (Å²) in [7, 11) is 3.03. The normalized spacial score (nSPS) is 28.1. The minimum Gasteiger partial charge on any atom is -0.508 e. The molecule has 0 saturated heterocycles. The number of amides is 1. The van der Waals surface area contributed by atoms with Gasteiger partial charge in [0.05, 0.1) is 23.8 Å². The molecule has 1 aromatic carbocycles. The molecule has 4 rings (SSSR count). The number of hydrogen-bond donors (Lipinski definition) is 6. The number of nitrogens with zero attached hydrogens (tertiary/aromatic N) is 1. The number of benzene rings is 1. The first kappa shape index (κ1) is 24.6. The molecule has 0 unspecified atom stereocenters. The van der Waals surface area contributed by atoms with E-state index < -0.39 is 76.2 Å². The third-order valence-corrected chi connectivity index (χ3v) is 7.36. The van der Waals surface area contributed by atoms with Gasteiger partial charge in [0, 0.05) is 11.5 Å². The zero-order chi connectivity index (χ0) is 26.1. The predicted octanol–water partition coefficient (Wildman–Crippen LogP) is -0.341. The van der Waals surface area contributed by atoms with Crippen LogP contribution in [-0.4, -0.2) is 79.4 Å². The molecule has 3 aliphatic carbocycles. The Hall–Kier alpha value is -3.54. The van der Waals surface area contributed by atoms with Gasteiger partial charge in [-0.25, -0.2) is 0 Å². The lowest BCUT2D eigenvalue weighted by molar-refractivity contribution is -0.153. The van der Waals surface area contributed by atoms with E-state index in [1.54, 1.807) is 0 Å². The van der Waals surface area contributed by atoms with Crippen molar-refractivity contribution >= 4 is 29.0 Å². The first-order valence-electron chi connectivity index (χ1n) is 10.9. The molecule has 0 aliphatic heterocycles. The Kier molecular flexibility index (Phi) is 5.62. The fourth-order valence-electron chi connectivity index (χ4n) is 5.80. The van der Waals surface area contributed by atoms with Gasteiger partial charge in [-0.15, -0.1) is 0 Å². The highest BCUT2D eigenvalue weighted by Crippen LogP contribution is 2.53. The number of rotatable bonds is 4. The molecule has 0 aromatic heterocycles. The van der Waals surface area contributed by atoms with Gasteiger partial charge in [-0.3, -0.25) is 24.1 Å². The van der Waals surface area contributed by atoms with Crippen molar-refractivity contribution < 1.29 is 44.7 Å². The van der Waals surface area contributed by atoms with Crippen LogP contribution in [0.2, 0.25) is 0 Å². The number of ketones is 3. The van der Waals surface area contributed by atoms with Gasteiger partial charge in [0.1, 0.15) is 22.8 Å². The number of phenols is 1. The lowest BCUT2D eigenvalue weighted by Crippen LogP contribution is -2.65. The molecule has 1 aromatic rings. The zero-order valence-electron chi connectivity index (χ0n) is 19.3. The van der Waals surface area contributed by atoms with Gasteiger partial charge in [-0.1, -0.05) is 0 Å². The van der Waals surface area contributed by atoms with Gasteiger partial charge < -0.3 is 31.3 Å². The molecule has 1 saturated carbocycles. The zero-order valence-corrected chi connectivity index (χ0v) is 19.3. The first-order valence-corrected chi connectivity index (χ1v) is 10.9. The smallest absolute Gasteiger partial charge is 0.255 e. The van der Waals surface area contributed by atoms with Crippen LogP contribution in [0.3, 0.4) is 0 Å². The average molecular weight is 486 g/mol. The van der Waals surface area contributed by atoms with Crippen LogP contribution in [0.1, 0.15) is 40.4 Å². The van der Waals surface area contributed by atoms with Crippen LogP contribution in [0.5, 0.6) is 5.75 Å². The summed E-state index contributed by atoms with van der Waals surface area (Å²) < 4.78 is 0. The Labute approximate surface area is 199 Å². The van der Waals surface area contributed by atoms with E-state index in [2.05, 4.69) is 0 Å². The van der Waals surface area contributed by atoms with Crippen LogP contribution in [0.4, 0.5) is 0 Å². The van der Waals surface area contributed by atoms with Crippen molar-refractivity contribution in [3.63, 3.8) is 0 Å². The van der Waals surface area contributed by atoms with Crippen molar-refractivity contribution in [3.8, 4) is 5.75 Å². The molecule has 11 nitrogen and oxygen atoms in total. The Morgan fingerprint density at radius 1 is 1.20 bits per heavy atom. The fraction of sp³-hybridized carbons (Fsp3) is 0.417. The van der Waals surface area contributed by atoms with E-state index in [-0.39, 0.29) is 35.1 Å². The number of primary amides is 1. The number of hydrogen-bond acceptors (Lipinski definition) is 10. The lowest BCUT2D eigenvalue weighted by atomic mass is 9.57. The topological polar surface area (TPSA) is 199 Å². The molecule has 35 heavy (non-hydrogen) atoms. The maximum Gasteiger partial charge on any atom is 0.255 e. The monoisotopic (exact) mass is 486 g/mol. The van der Waals surface area contributed by atoms with Crippen LogP contribution < -0.4 is 5.73 Å². The lowest BCUT2D eigenvalue weighted by Gasteiger charge is -2.50. The predicted molar refractivity (Wildman–Crippen MR) is 120 cm³/mol. The standard InChI is InChI=1S/C24H26N2O9/c1-8(28)11-5-10(7-27)12-4-9-6-13-17(26(2)3)20(31)16(23(25)34)22(33)24(13,35)21(32)14(9)19(30)15(12)18(11)29/h5,9,13,17,27,29-30,33,35H,4,6-7H2,1-3H3,(H2,25,34)/t9-,13-,17-,24-/m0/s1. The molecular weight excluding hydrogens is 460 g/mol. The third kappa shape index (κ3) is 3.15.